The number of rotatable bonds is 5. The molecule has 0 heterocycles. The van der Waals surface area contributed by atoms with Crippen molar-refractivity contribution in [2.75, 3.05) is 19.5 Å². The third kappa shape index (κ3) is 2.82. The molecule has 0 radical (unpaired) electrons. The van der Waals surface area contributed by atoms with Crippen LogP contribution in [0.5, 0.6) is 11.5 Å². The maximum Gasteiger partial charge on any atom is 0.229 e. The first-order valence-corrected chi connectivity index (χ1v) is 5.61. The van der Waals surface area contributed by atoms with Crippen LogP contribution >= 0.6 is 15.9 Å². The van der Waals surface area contributed by atoms with Gasteiger partial charge in [0.05, 0.1) is 19.5 Å². The first-order valence-electron chi connectivity index (χ1n) is 4.49. The maximum absolute atomic E-state index is 11.6. The molecule has 16 heavy (non-hydrogen) atoms. The van der Waals surface area contributed by atoms with Crippen molar-refractivity contribution in [1.82, 2.24) is 0 Å². The van der Waals surface area contributed by atoms with Crippen molar-refractivity contribution in [3.8, 4) is 11.5 Å². The van der Waals surface area contributed by atoms with E-state index in [9.17, 15) is 9.59 Å². The molecule has 0 aliphatic heterocycles. The van der Waals surface area contributed by atoms with E-state index in [-0.39, 0.29) is 10.9 Å². The van der Waals surface area contributed by atoms with Gasteiger partial charge in [0.1, 0.15) is 11.5 Å². The molecule has 0 bridgehead atoms. The summed E-state index contributed by atoms with van der Waals surface area (Å²) >= 11 is 2.95. The number of hydrogen-bond donors (Lipinski definition) is 0. The molecule has 4 nitrogen and oxygen atoms in total. The zero-order valence-corrected chi connectivity index (χ0v) is 10.5. The Morgan fingerprint density at radius 2 is 1.62 bits per heavy atom. The molecule has 5 heteroatoms. The second-order valence-electron chi connectivity index (χ2n) is 2.99. The molecule has 0 atom stereocenters. The minimum atomic E-state index is -0.561. The van der Waals surface area contributed by atoms with Gasteiger partial charge in [-0.2, -0.15) is 0 Å². The van der Waals surface area contributed by atoms with E-state index >= 15 is 0 Å². The highest BCUT2D eigenvalue weighted by atomic mass is 79.9. The molecular formula is C11H11BrO4. The predicted octanol–water partition coefficient (Wildman–Crippen LogP) is 1.85. The summed E-state index contributed by atoms with van der Waals surface area (Å²) in [5.74, 6) is -0.112. The van der Waals surface area contributed by atoms with E-state index in [1.807, 2.05) is 0 Å². The number of ether oxygens (including phenoxy) is 2. The number of ketones is 2. The Balaban J connectivity index is 3.12. The third-order valence-electron chi connectivity index (χ3n) is 1.99. The first-order chi connectivity index (χ1) is 7.62. The van der Waals surface area contributed by atoms with Crippen molar-refractivity contribution in [1.29, 1.82) is 0 Å². The van der Waals surface area contributed by atoms with Crippen molar-refractivity contribution in [3.05, 3.63) is 23.8 Å². The lowest BCUT2D eigenvalue weighted by Gasteiger charge is -2.06. The van der Waals surface area contributed by atoms with Crippen LogP contribution in [-0.4, -0.2) is 31.1 Å². The van der Waals surface area contributed by atoms with Gasteiger partial charge in [0.15, 0.2) is 0 Å². The Morgan fingerprint density at radius 3 is 2.00 bits per heavy atom. The van der Waals surface area contributed by atoms with Crippen molar-refractivity contribution in [2.24, 2.45) is 0 Å². The first kappa shape index (κ1) is 12.7. The molecule has 1 aromatic carbocycles. The van der Waals surface area contributed by atoms with Gasteiger partial charge in [-0.05, 0) is 12.1 Å². The van der Waals surface area contributed by atoms with E-state index in [1.165, 1.54) is 26.4 Å². The van der Waals surface area contributed by atoms with E-state index in [4.69, 9.17) is 9.47 Å². The minimum absolute atomic E-state index is 0.00532. The zero-order chi connectivity index (χ0) is 12.1. The van der Waals surface area contributed by atoms with Crippen LogP contribution in [0, 0.1) is 0 Å². The fourth-order valence-electron chi connectivity index (χ4n) is 1.16. The highest BCUT2D eigenvalue weighted by Crippen LogP contribution is 2.22. The summed E-state index contributed by atoms with van der Waals surface area (Å²) in [4.78, 5) is 22.9. The van der Waals surface area contributed by atoms with Crippen LogP contribution in [-0.2, 0) is 4.79 Å². The maximum atomic E-state index is 11.6. The average molecular weight is 287 g/mol. The van der Waals surface area contributed by atoms with Crippen molar-refractivity contribution in [3.63, 3.8) is 0 Å². The fourth-order valence-corrected chi connectivity index (χ4v) is 1.41. The van der Waals surface area contributed by atoms with Gasteiger partial charge in [-0.15, -0.1) is 0 Å². The molecule has 0 unspecified atom stereocenters. The van der Waals surface area contributed by atoms with Crippen molar-refractivity contribution >= 4 is 27.5 Å². The molecule has 0 saturated carbocycles. The van der Waals surface area contributed by atoms with E-state index in [0.29, 0.717) is 11.5 Å². The predicted molar refractivity (Wildman–Crippen MR) is 62.7 cm³/mol. The summed E-state index contributed by atoms with van der Waals surface area (Å²) in [6.45, 7) is 0. The Hall–Kier alpha value is -1.36. The van der Waals surface area contributed by atoms with Gasteiger partial charge >= 0.3 is 0 Å². The molecular weight excluding hydrogens is 276 g/mol. The average Bonchev–Trinajstić information content (AvgIpc) is 2.35. The molecule has 0 spiro atoms. The molecule has 0 aliphatic rings. The Bertz CT molecular complexity index is 392. The van der Waals surface area contributed by atoms with Crippen LogP contribution in [0.2, 0.25) is 0 Å². The molecule has 0 fully saturated rings. The summed E-state index contributed by atoms with van der Waals surface area (Å²) in [5.41, 5.74) is 0.264. The van der Waals surface area contributed by atoms with Gasteiger partial charge in [0, 0.05) is 11.6 Å². The van der Waals surface area contributed by atoms with Crippen LogP contribution in [0.25, 0.3) is 0 Å². The monoisotopic (exact) mass is 286 g/mol. The highest BCUT2D eigenvalue weighted by molar-refractivity contribution is 9.09. The minimum Gasteiger partial charge on any atom is -0.497 e. The van der Waals surface area contributed by atoms with E-state index in [2.05, 4.69) is 15.9 Å². The van der Waals surface area contributed by atoms with Gasteiger partial charge in [0.25, 0.3) is 0 Å². The van der Waals surface area contributed by atoms with E-state index in [1.54, 1.807) is 6.07 Å². The molecule has 1 rings (SSSR count). The number of carbonyl (C=O) groups is 2. The Morgan fingerprint density at radius 1 is 1.12 bits per heavy atom. The van der Waals surface area contributed by atoms with Gasteiger partial charge in [-0.1, -0.05) is 15.9 Å². The standard InChI is InChI=1S/C11H11BrO4/c1-15-8-3-7(4-9(5-8)16-2)11(14)10(13)6-12/h3-5H,6H2,1-2H3. The van der Waals surface area contributed by atoms with E-state index in [0.717, 1.165) is 0 Å². The Kier molecular flexibility index (Phi) is 4.49. The second kappa shape index (κ2) is 5.65. The lowest BCUT2D eigenvalue weighted by Crippen LogP contribution is -2.15. The molecule has 0 aliphatic carbocycles. The van der Waals surface area contributed by atoms with Crippen LogP contribution in [0.4, 0.5) is 0 Å². The van der Waals surface area contributed by atoms with Gasteiger partial charge in [-0.25, -0.2) is 0 Å². The molecule has 1 aromatic rings. The molecule has 0 N–H and O–H groups in total. The SMILES string of the molecule is COc1cc(OC)cc(C(=O)C(=O)CBr)c1. The summed E-state index contributed by atoms with van der Waals surface area (Å²) in [6, 6.07) is 4.65. The number of halogens is 1. The molecule has 86 valence electrons. The zero-order valence-electron chi connectivity index (χ0n) is 8.95. The van der Waals surface area contributed by atoms with Gasteiger partial charge in [0.2, 0.25) is 11.6 Å². The van der Waals surface area contributed by atoms with E-state index < -0.39 is 11.6 Å². The number of benzene rings is 1. The topological polar surface area (TPSA) is 52.6 Å². The molecule has 0 saturated heterocycles. The fraction of sp³-hybridized carbons (Fsp3) is 0.273. The number of alkyl halides is 1. The van der Waals surface area contributed by atoms with Gasteiger partial charge in [-0.3, -0.25) is 9.59 Å². The Labute approximate surface area is 102 Å². The van der Waals surface area contributed by atoms with Crippen LogP contribution < -0.4 is 9.47 Å². The number of methoxy groups -OCH3 is 2. The normalized spacial score (nSPS) is 9.69. The summed E-state index contributed by atoms with van der Waals surface area (Å²) in [6.07, 6.45) is 0. The second-order valence-corrected chi connectivity index (χ2v) is 3.55. The summed E-state index contributed by atoms with van der Waals surface area (Å²) < 4.78 is 10.0. The highest BCUT2D eigenvalue weighted by Gasteiger charge is 2.16. The summed E-state index contributed by atoms with van der Waals surface area (Å²) in [5, 5.41) is 0.00532. The number of carbonyl (C=O) groups excluding carboxylic acids is 2. The van der Waals surface area contributed by atoms with Crippen molar-refractivity contribution < 1.29 is 19.1 Å². The molecule has 0 amide bonds. The number of Topliss-reactive ketones (excluding diaryl/α,β-unsaturated/α-hetero) is 2. The van der Waals surface area contributed by atoms with Gasteiger partial charge < -0.3 is 9.47 Å². The quantitative estimate of drug-likeness (QED) is 0.471. The third-order valence-corrected chi connectivity index (χ3v) is 2.50. The molecule has 0 aromatic heterocycles. The largest absolute Gasteiger partial charge is 0.497 e. The summed E-state index contributed by atoms with van der Waals surface area (Å²) in [7, 11) is 2.96. The number of hydrogen-bond acceptors (Lipinski definition) is 4. The lowest BCUT2D eigenvalue weighted by atomic mass is 10.1. The lowest BCUT2D eigenvalue weighted by molar-refractivity contribution is -0.112. The van der Waals surface area contributed by atoms with Crippen LogP contribution in [0.3, 0.4) is 0 Å². The smallest absolute Gasteiger partial charge is 0.229 e. The van der Waals surface area contributed by atoms with Crippen LogP contribution in [0.15, 0.2) is 18.2 Å². The van der Waals surface area contributed by atoms with Crippen LogP contribution in [0.1, 0.15) is 10.4 Å². The van der Waals surface area contributed by atoms with Crippen molar-refractivity contribution in [2.45, 2.75) is 0 Å².